The van der Waals surface area contributed by atoms with Gasteiger partial charge in [-0.1, -0.05) is 23.7 Å². The Hall–Kier alpha value is -1.78. The first kappa shape index (κ1) is 14.8. The van der Waals surface area contributed by atoms with Crippen molar-refractivity contribution >= 4 is 11.6 Å². The minimum absolute atomic E-state index is 0.192. The van der Waals surface area contributed by atoms with Gasteiger partial charge in [-0.25, -0.2) is 0 Å². The van der Waals surface area contributed by atoms with E-state index in [1.165, 1.54) is 5.56 Å². The molecule has 0 radical (unpaired) electrons. The maximum Gasteiger partial charge on any atom is 0.174 e. The first-order valence-corrected chi connectivity index (χ1v) is 8.43. The lowest BCUT2D eigenvalue weighted by Crippen LogP contribution is -2.28. The van der Waals surface area contributed by atoms with Crippen LogP contribution in [0.25, 0.3) is 0 Å². The summed E-state index contributed by atoms with van der Waals surface area (Å²) in [5.74, 6) is 2.26. The van der Waals surface area contributed by atoms with Crippen molar-refractivity contribution < 1.29 is 9.47 Å². The van der Waals surface area contributed by atoms with E-state index in [9.17, 15) is 0 Å². The summed E-state index contributed by atoms with van der Waals surface area (Å²) in [5, 5.41) is 4.03. The van der Waals surface area contributed by atoms with E-state index in [-0.39, 0.29) is 6.10 Å². The number of halogens is 1. The molecule has 0 aliphatic carbocycles. The minimum Gasteiger partial charge on any atom is -0.485 e. The van der Waals surface area contributed by atoms with E-state index in [0.29, 0.717) is 17.5 Å². The lowest BCUT2D eigenvalue weighted by atomic mass is 9.89. The molecule has 1 atom stereocenters. The van der Waals surface area contributed by atoms with Crippen molar-refractivity contribution in [1.82, 2.24) is 10.3 Å². The number of nitrogens with zero attached hydrogens (tertiary/aromatic N) is 1. The molecule has 2 aliphatic rings. The highest BCUT2D eigenvalue weighted by Gasteiger charge is 2.28. The summed E-state index contributed by atoms with van der Waals surface area (Å²) < 4.78 is 12.2. The van der Waals surface area contributed by atoms with E-state index in [1.54, 1.807) is 6.20 Å². The second-order valence-electron chi connectivity index (χ2n) is 6.02. The highest BCUT2D eigenvalue weighted by atomic mass is 35.5. The lowest BCUT2D eigenvalue weighted by molar-refractivity contribution is 0.0866. The maximum absolute atomic E-state index is 6.14. The predicted molar refractivity (Wildman–Crippen MR) is 89.4 cm³/mol. The molecule has 1 aromatic heterocycles. The van der Waals surface area contributed by atoms with Crippen LogP contribution < -0.4 is 14.8 Å². The van der Waals surface area contributed by atoms with Gasteiger partial charge in [0.1, 0.15) is 6.61 Å². The van der Waals surface area contributed by atoms with Crippen molar-refractivity contribution in [1.29, 1.82) is 0 Å². The Kier molecular flexibility index (Phi) is 4.10. The third kappa shape index (κ3) is 3.01. The normalized spacial score (nSPS) is 21.2. The summed E-state index contributed by atoms with van der Waals surface area (Å²) in [7, 11) is 0. The average Bonchev–Trinajstić information content (AvgIpc) is 2.62. The van der Waals surface area contributed by atoms with Gasteiger partial charge in [0, 0.05) is 11.8 Å². The van der Waals surface area contributed by atoms with Crippen LogP contribution in [0, 0.1) is 0 Å². The van der Waals surface area contributed by atoms with Crippen LogP contribution in [0.4, 0.5) is 0 Å². The Balaban J connectivity index is 1.59. The van der Waals surface area contributed by atoms with E-state index in [2.05, 4.69) is 22.4 Å². The SMILES string of the molecule is Clc1ccc([C@@H]2COc3c(cccc3C3CCNCC3)O2)nc1. The number of pyridine rings is 1. The molecule has 0 amide bonds. The molecule has 4 rings (SSSR count). The summed E-state index contributed by atoms with van der Waals surface area (Å²) in [5.41, 5.74) is 2.11. The Morgan fingerprint density at radius 1 is 1.13 bits per heavy atom. The summed E-state index contributed by atoms with van der Waals surface area (Å²) in [6.07, 6.45) is 3.73. The van der Waals surface area contributed by atoms with Crippen molar-refractivity contribution in [3.8, 4) is 11.5 Å². The summed E-state index contributed by atoms with van der Waals surface area (Å²) in [6.45, 7) is 2.60. The number of aromatic nitrogens is 1. The Labute approximate surface area is 140 Å². The fourth-order valence-electron chi connectivity index (χ4n) is 3.30. The molecule has 120 valence electrons. The van der Waals surface area contributed by atoms with Crippen LogP contribution in [-0.4, -0.2) is 24.7 Å². The number of hydrogen-bond acceptors (Lipinski definition) is 4. The van der Waals surface area contributed by atoms with Crippen LogP contribution in [0.3, 0.4) is 0 Å². The number of benzene rings is 1. The van der Waals surface area contributed by atoms with Crippen LogP contribution in [0.5, 0.6) is 11.5 Å². The molecular formula is C18H19ClN2O2. The lowest BCUT2D eigenvalue weighted by Gasteiger charge is -2.31. The van der Waals surface area contributed by atoms with Gasteiger partial charge in [0.05, 0.1) is 10.7 Å². The second-order valence-corrected chi connectivity index (χ2v) is 6.45. The molecular weight excluding hydrogens is 312 g/mol. The highest BCUT2D eigenvalue weighted by molar-refractivity contribution is 6.30. The quantitative estimate of drug-likeness (QED) is 0.911. The molecule has 1 aromatic carbocycles. The van der Waals surface area contributed by atoms with Gasteiger partial charge in [0.2, 0.25) is 0 Å². The van der Waals surface area contributed by atoms with E-state index in [4.69, 9.17) is 21.1 Å². The van der Waals surface area contributed by atoms with Crippen LogP contribution in [0.1, 0.15) is 36.1 Å². The monoisotopic (exact) mass is 330 g/mol. The Morgan fingerprint density at radius 2 is 2.00 bits per heavy atom. The fraction of sp³-hybridized carbons (Fsp3) is 0.389. The van der Waals surface area contributed by atoms with Crippen molar-refractivity contribution in [2.75, 3.05) is 19.7 Å². The maximum atomic E-state index is 6.14. The van der Waals surface area contributed by atoms with Gasteiger partial charge in [0.15, 0.2) is 17.6 Å². The highest BCUT2D eigenvalue weighted by Crippen LogP contribution is 2.43. The van der Waals surface area contributed by atoms with E-state index in [1.807, 2.05) is 18.2 Å². The first-order valence-electron chi connectivity index (χ1n) is 8.06. The number of para-hydroxylation sites is 1. The molecule has 4 nitrogen and oxygen atoms in total. The predicted octanol–water partition coefficient (Wildman–Crippen LogP) is 3.71. The molecule has 5 heteroatoms. The van der Waals surface area contributed by atoms with Gasteiger partial charge in [-0.15, -0.1) is 0 Å². The van der Waals surface area contributed by atoms with Crippen molar-refractivity contribution in [3.63, 3.8) is 0 Å². The molecule has 2 aliphatic heterocycles. The molecule has 0 bridgehead atoms. The number of ether oxygens (including phenoxy) is 2. The van der Waals surface area contributed by atoms with Gasteiger partial charge in [-0.3, -0.25) is 4.98 Å². The molecule has 0 unspecified atom stereocenters. The van der Waals surface area contributed by atoms with Crippen LogP contribution >= 0.6 is 11.6 Å². The van der Waals surface area contributed by atoms with Crippen molar-refractivity contribution in [3.05, 3.63) is 52.8 Å². The van der Waals surface area contributed by atoms with Crippen LogP contribution in [0.15, 0.2) is 36.5 Å². The number of rotatable bonds is 2. The molecule has 1 fully saturated rings. The smallest absolute Gasteiger partial charge is 0.174 e. The van der Waals surface area contributed by atoms with Gasteiger partial charge in [-0.2, -0.15) is 0 Å². The van der Waals surface area contributed by atoms with Crippen molar-refractivity contribution in [2.45, 2.75) is 24.9 Å². The largest absolute Gasteiger partial charge is 0.485 e. The summed E-state index contributed by atoms with van der Waals surface area (Å²) in [6, 6.07) is 9.91. The minimum atomic E-state index is -0.192. The third-order valence-corrected chi connectivity index (χ3v) is 4.74. The van der Waals surface area contributed by atoms with Gasteiger partial charge in [-0.05, 0) is 50.0 Å². The van der Waals surface area contributed by atoms with E-state index < -0.39 is 0 Å². The zero-order chi connectivity index (χ0) is 15.6. The third-order valence-electron chi connectivity index (χ3n) is 4.52. The first-order chi connectivity index (χ1) is 11.3. The number of nitrogens with one attached hydrogen (secondary N) is 1. The zero-order valence-corrected chi connectivity index (χ0v) is 13.6. The molecule has 1 saturated heterocycles. The topological polar surface area (TPSA) is 43.4 Å². The van der Waals surface area contributed by atoms with Gasteiger partial charge < -0.3 is 14.8 Å². The van der Waals surface area contributed by atoms with Gasteiger partial charge in [0.25, 0.3) is 0 Å². The second kappa shape index (κ2) is 6.38. The summed E-state index contributed by atoms with van der Waals surface area (Å²) >= 11 is 5.90. The summed E-state index contributed by atoms with van der Waals surface area (Å²) in [4.78, 5) is 4.34. The molecule has 0 saturated carbocycles. The Bertz CT molecular complexity index is 684. The number of piperidine rings is 1. The average molecular weight is 331 g/mol. The Morgan fingerprint density at radius 3 is 2.78 bits per heavy atom. The number of fused-ring (bicyclic) bond motifs is 1. The van der Waals surface area contributed by atoms with Crippen LogP contribution in [0.2, 0.25) is 5.02 Å². The fourth-order valence-corrected chi connectivity index (χ4v) is 3.42. The van der Waals surface area contributed by atoms with E-state index in [0.717, 1.165) is 43.1 Å². The molecule has 23 heavy (non-hydrogen) atoms. The molecule has 0 spiro atoms. The van der Waals surface area contributed by atoms with Gasteiger partial charge >= 0.3 is 0 Å². The van der Waals surface area contributed by atoms with E-state index >= 15 is 0 Å². The molecule has 1 N–H and O–H groups in total. The molecule has 2 aromatic rings. The van der Waals surface area contributed by atoms with Crippen molar-refractivity contribution in [2.24, 2.45) is 0 Å². The van der Waals surface area contributed by atoms with Crippen LogP contribution in [-0.2, 0) is 0 Å². The molecule has 3 heterocycles. The standard InChI is InChI=1S/C18H19ClN2O2/c19-13-4-5-15(21-10-13)17-11-22-18-14(2-1-3-16(18)23-17)12-6-8-20-9-7-12/h1-5,10,12,17,20H,6-9,11H2/t17-/m0/s1. The number of hydrogen-bond donors (Lipinski definition) is 1. The zero-order valence-electron chi connectivity index (χ0n) is 12.8.